The van der Waals surface area contributed by atoms with Crippen molar-refractivity contribution >= 4 is 56.9 Å². The van der Waals surface area contributed by atoms with Gasteiger partial charge in [-0.25, -0.2) is 0 Å². The van der Waals surface area contributed by atoms with E-state index in [0.717, 1.165) is 0 Å². The van der Waals surface area contributed by atoms with Gasteiger partial charge < -0.3 is 19.4 Å². The van der Waals surface area contributed by atoms with E-state index in [1.807, 2.05) is 0 Å². The molecule has 0 N–H and O–H groups in total. The van der Waals surface area contributed by atoms with Gasteiger partial charge in [0.2, 0.25) is 0 Å². The molecule has 0 radical (unpaired) electrons. The van der Waals surface area contributed by atoms with Gasteiger partial charge in [-0.2, -0.15) is 0 Å². The zero-order valence-electron chi connectivity index (χ0n) is 11.7. The Labute approximate surface area is 184 Å². The fraction of sp³-hybridized carbons (Fsp3) is 1.00. The molecular weight excluding hydrogens is 733 g/mol. The summed E-state index contributed by atoms with van der Waals surface area (Å²) in [6, 6.07) is 0. The average Bonchev–Trinajstić information content (AvgIpc) is 2.50. The van der Waals surface area contributed by atoms with Gasteiger partial charge in [0, 0.05) is 0 Å². The summed E-state index contributed by atoms with van der Waals surface area (Å²) in [6.45, 7) is -1.75. The first-order valence-corrected chi connectivity index (χ1v) is 14.6. The Bertz CT molecular complexity index is 317. The van der Waals surface area contributed by atoms with Crippen molar-refractivity contribution in [2.24, 2.45) is 0 Å². The SMILES string of the molecule is O=[N+]([O-])OCCO[N+](=O)[O-].O=[N+]([O-])OCCO[N+](=O)[O-].[Br][Ni][Br].[Br][Ni][Br]. The van der Waals surface area contributed by atoms with Gasteiger partial charge in [0.25, 0.3) is 20.3 Å². The van der Waals surface area contributed by atoms with Gasteiger partial charge in [0.05, 0.1) is 0 Å². The van der Waals surface area contributed by atoms with Gasteiger partial charge >= 0.3 is 78.7 Å². The summed E-state index contributed by atoms with van der Waals surface area (Å²) >= 11 is 12.0. The Morgan fingerprint density at radius 2 is 0.654 bits per heavy atom. The van der Waals surface area contributed by atoms with E-state index in [-0.39, 0.29) is 0 Å². The molecule has 0 heterocycles. The number of nitrogens with zero attached hydrogens (tertiary/aromatic N) is 4. The quantitative estimate of drug-likeness (QED) is 0.137. The van der Waals surface area contributed by atoms with Crippen molar-refractivity contribution in [1.82, 2.24) is 0 Å². The van der Waals surface area contributed by atoms with Crippen molar-refractivity contribution in [3.05, 3.63) is 40.5 Å². The molecule has 0 aromatic rings. The molecule has 0 saturated carbocycles. The van der Waals surface area contributed by atoms with Crippen molar-refractivity contribution in [2.45, 2.75) is 0 Å². The fourth-order valence-corrected chi connectivity index (χ4v) is 0.447. The third-order valence-corrected chi connectivity index (χ3v) is 0.953. The van der Waals surface area contributed by atoms with E-state index >= 15 is 0 Å². The number of hydrogen-bond donors (Lipinski definition) is 0. The van der Waals surface area contributed by atoms with E-state index in [1.54, 1.807) is 0 Å². The van der Waals surface area contributed by atoms with E-state index in [4.69, 9.17) is 0 Å². The number of hydrogen-bond acceptors (Lipinski definition) is 12. The van der Waals surface area contributed by atoms with Gasteiger partial charge in [-0.05, 0) is 0 Å². The minimum absolute atomic E-state index is 0.437. The van der Waals surface area contributed by atoms with Gasteiger partial charge in [-0.3, -0.25) is 0 Å². The fourth-order valence-electron chi connectivity index (χ4n) is 0.447. The van der Waals surface area contributed by atoms with Crippen LogP contribution >= 0.6 is 56.9 Å². The Balaban J connectivity index is -0.000000143. The van der Waals surface area contributed by atoms with Crippen LogP contribution in [0.1, 0.15) is 0 Å². The molecule has 16 nitrogen and oxygen atoms in total. The van der Waals surface area contributed by atoms with Crippen LogP contribution in [-0.2, 0) is 41.1 Å². The Kier molecular flexibility index (Phi) is 37.7. The normalized spacial score (nSPS) is 8.15. The van der Waals surface area contributed by atoms with Crippen molar-refractivity contribution in [3.8, 4) is 0 Å². The predicted molar refractivity (Wildman–Crippen MR) is 87.5 cm³/mol. The van der Waals surface area contributed by atoms with Crippen LogP contribution in [0.15, 0.2) is 0 Å². The van der Waals surface area contributed by atoms with E-state index in [2.05, 4.69) is 76.3 Å². The second kappa shape index (κ2) is 29.5. The van der Waals surface area contributed by atoms with Gasteiger partial charge in [-0.15, -0.1) is 40.5 Å². The third-order valence-electron chi connectivity index (χ3n) is 0.953. The molecule has 22 heteroatoms. The predicted octanol–water partition coefficient (Wildman–Crippen LogP) is 2.18. The number of rotatable bonds is 10. The van der Waals surface area contributed by atoms with Crippen LogP contribution in [0.25, 0.3) is 0 Å². The molecule has 0 unspecified atom stereocenters. The second-order valence-electron chi connectivity index (χ2n) is 2.32. The van der Waals surface area contributed by atoms with E-state index in [0.29, 0.717) is 0 Å². The van der Waals surface area contributed by atoms with Crippen LogP contribution in [0.5, 0.6) is 0 Å². The molecule has 0 rings (SSSR count). The van der Waals surface area contributed by atoms with Crippen molar-refractivity contribution in [3.63, 3.8) is 0 Å². The zero-order chi connectivity index (χ0) is 21.4. The molecule has 0 aliphatic heterocycles. The average molecular weight is 741 g/mol. The maximum atomic E-state index is 9.40. The first kappa shape index (κ1) is 33.3. The maximum absolute atomic E-state index is 9.40. The monoisotopic (exact) mass is 736 g/mol. The molecule has 0 aromatic carbocycles. The molecule has 164 valence electrons. The Morgan fingerprint density at radius 1 is 0.538 bits per heavy atom. The zero-order valence-corrected chi connectivity index (χ0v) is 20.0. The number of halogens is 4. The first-order valence-electron chi connectivity index (χ1n) is 4.82. The van der Waals surface area contributed by atoms with Crippen LogP contribution < -0.4 is 0 Å². The molecule has 0 aliphatic rings. The van der Waals surface area contributed by atoms with Crippen LogP contribution in [0.3, 0.4) is 0 Å². The summed E-state index contributed by atoms with van der Waals surface area (Å²) < 4.78 is 0. The van der Waals surface area contributed by atoms with Crippen molar-refractivity contribution < 1.29 is 61.5 Å². The minimum atomic E-state index is -1.05. The molecule has 26 heavy (non-hydrogen) atoms. The van der Waals surface area contributed by atoms with Gasteiger partial charge in [-0.1, -0.05) is 0 Å². The van der Waals surface area contributed by atoms with Crippen molar-refractivity contribution in [1.29, 1.82) is 0 Å². The molecule has 0 aromatic heterocycles. The van der Waals surface area contributed by atoms with Gasteiger partial charge in [0.15, 0.2) is 0 Å². The summed E-state index contributed by atoms with van der Waals surface area (Å²) in [5.41, 5.74) is 0. The van der Waals surface area contributed by atoms with E-state index < -0.39 is 46.8 Å². The first-order chi connectivity index (χ1) is 12.1. The summed E-state index contributed by atoms with van der Waals surface area (Å²) in [5.74, 6) is 0. The summed E-state index contributed by atoms with van der Waals surface area (Å²) in [5, 5.41) is 33.4. The molecule has 0 bridgehead atoms. The van der Waals surface area contributed by atoms with E-state index in [9.17, 15) is 40.5 Å². The molecule has 0 atom stereocenters. The molecule has 0 aliphatic carbocycles. The molecule has 0 spiro atoms. The van der Waals surface area contributed by atoms with Gasteiger partial charge in [0.1, 0.15) is 26.4 Å². The molecular formula is C4H8Br4N4Ni2O12. The van der Waals surface area contributed by atoms with Crippen LogP contribution in [0.4, 0.5) is 0 Å². The summed E-state index contributed by atoms with van der Waals surface area (Å²) in [7, 11) is 2.50. The Hall–Kier alpha value is -0.293. The standard InChI is InChI=1S/2C2H4N2O6.4BrH.2Ni/c2*5-3(6)9-1-2-10-4(7)8;;;;;;/h2*1-2H2;4*1H;;/q;;;;;;2*+2/p-4. The van der Waals surface area contributed by atoms with Crippen LogP contribution in [0, 0.1) is 40.5 Å². The van der Waals surface area contributed by atoms with E-state index in [1.165, 1.54) is 21.8 Å². The van der Waals surface area contributed by atoms with Crippen LogP contribution in [-0.4, -0.2) is 46.8 Å². The van der Waals surface area contributed by atoms with Crippen molar-refractivity contribution in [2.75, 3.05) is 26.4 Å². The Morgan fingerprint density at radius 3 is 0.731 bits per heavy atom. The third kappa shape index (κ3) is 65.1. The topological polar surface area (TPSA) is 209 Å². The molecule has 0 saturated heterocycles. The second-order valence-corrected chi connectivity index (χ2v) is 12.3. The van der Waals surface area contributed by atoms with Crippen LogP contribution in [0.2, 0.25) is 0 Å². The summed E-state index contributed by atoms with van der Waals surface area (Å²) in [4.78, 5) is 52.3. The molecule has 0 amide bonds. The summed E-state index contributed by atoms with van der Waals surface area (Å²) in [6.07, 6.45) is 0. The molecule has 0 fully saturated rings.